The van der Waals surface area contributed by atoms with E-state index in [0.29, 0.717) is 18.4 Å². The van der Waals surface area contributed by atoms with Gasteiger partial charge >= 0.3 is 0 Å². The van der Waals surface area contributed by atoms with E-state index in [1.165, 1.54) is 32.1 Å². The van der Waals surface area contributed by atoms with Crippen molar-refractivity contribution in [3.05, 3.63) is 0 Å². The number of carbonyl (C=O) groups is 1. The number of amides is 1. The summed E-state index contributed by atoms with van der Waals surface area (Å²) in [5.74, 6) is 0.712. The van der Waals surface area contributed by atoms with Crippen LogP contribution < -0.4 is 0 Å². The van der Waals surface area contributed by atoms with E-state index in [0.717, 1.165) is 13.1 Å². The van der Waals surface area contributed by atoms with Gasteiger partial charge in [-0.3, -0.25) is 9.69 Å². The zero-order chi connectivity index (χ0) is 13.8. The molecule has 1 N–H and O–H groups in total. The van der Waals surface area contributed by atoms with Gasteiger partial charge in [-0.25, -0.2) is 0 Å². The largest absolute Gasteiger partial charge is 0.396 e. The van der Waals surface area contributed by atoms with Crippen LogP contribution >= 0.6 is 0 Å². The normalized spacial score (nSPS) is 31.5. The monoisotopic (exact) mass is 268 g/mol. The molecule has 4 nitrogen and oxygen atoms in total. The van der Waals surface area contributed by atoms with Gasteiger partial charge < -0.3 is 10.0 Å². The van der Waals surface area contributed by atoms with E-state index in [2.05, 4.69) is 11.8 Å². The Balaban J connectivity index is 2.16. The highest BCUT2D eigenvalue weighted by Gasteiger charge is 2.36. The van der Waals surface area contributed by atoms with Gasteiger partial charge in [0, 0.05) is 32.8 Å². The minimum absolute atomic E-state index is 0.0991. The molecule has 110 valence electrons. The Hall–Kier alpha value is -0.610. The van der Waals surface area contributed by atoms with Crippen LogP contribution in [0.2, 0.25) is 0 Å². The van der Waals surface area contributed by atoms with Crippen LogP contribution in [-0.2, 0) is 4.79 Å². The quantitative estimate of drug-likeness (QED) is 0.843. The van der Waals surface area contributed by atoms with Gasteiger partial charge in [0.1, 0.15) is 0 Å². The smallest absolute Gasteiger partial charge is 0.239 e. The summed E-state index contributed by atoms with van der Waals surface area (Å²) in [7, 11) is 1.90. The lowest BCUT2D eigenvalue weighted by Gasteiger charge is -2.38. The predicted octanol–water partition coefficient (Wildman–Crippen LogP) is 1.48. The molecular formula is C15H28N2O2. The third-order valence-electron chi connectivity index (χ3n) is 4.62. The van der Waals surface area contributed by atoms with Gasteiger partial charge in [-0.1, -0.05) is 26.2 Å². The summed E-state index contributed by atoms with van der Waals surface area (Å²) < 4.78 is 0. The molecule has 0 aromatic rings. The fourth-order valence-electron chi connectivity index (χ4n) is 3.73. The molecule has 2 rings (SSSR count). The second-order valence-electron chi connectivity index (χ2n) is 6.34. The minimum Gasteiger partial charge on any atom is -0.396 e. The lowest BCUT2D eigenvalue weighted by molar-refractivity contribution is -0.135. The highest BCUT2D eigenvalue weighted by atomic mass is 16.3. The number of rotatable bonds is 3. The van der Waals surface area contributed by atoms with Gasteiger partial charge in [0.05, 0.1) is 6.04 Å². The average molecular weight is 268 g/mol. The van der Waals surface area contributed by atoms with Crippen molar-refractivity contribution in [1.29, 1.82) is 0 Å². The molecule has 0 spiro atoms. The standard InChI is InChI=1S/C15H28N2O2/c1-12-10-16(2)15(19)14(8-9-18)17(11-12)13-6-4-3-5-7-13/h12-14,18H,3-11H2,1-2H3. The molecule has 19 heavy (non-hydrogen) atoms. The Morgan fingerprint density at radius 2 is 1.89 bits per heavy atom. The van der Waals surface area contributed by atoms with E-state index in [-0.39, 0.29) is 18.6 Å². The van der Waals surface area contributed by atoms with Gasteiger partial charge in [-0.2, -0.15) is 0 Å². The second kappa shape index (κ2) is 6.71. The van der Waals surface area contributed by atoms with E-state index in [9.17, 15) is 9.90 Å². The first kappa shape index (κ1) is 14.8. The topological polar surface area (TPSA) is 43.8 Å². The number of carbonyl (C=O) groups excluding carboxylic acids is 1. The Morgan fingerprint density at radius 1 is 1.21 bits per heavy atom. The van der Waals surface area contributed by atoms with Gasteiger partial charge in [0.15, 0.2) is 0 Å². The van der Waals surface area contributed by atoms with E-state index in [4.69, 9.17) is 0 Å². The van der Waals surface area contributed by atoms with Crippen LogP contribution in [0.4, 0.5) is 0 Å². The summed E-state index contributed by atoms with van der Waals surface area (Å²) >= 11 is 0. The van der Waals surface area contributed by atoms with Crippen molar-refractivity contribution in [3.8, 4) is 0 Å². The van der Waals surface area contributed by atoms with Crippen molar-refractivity contribution in [2.45, 2.75) is 57.5 Å². The molecule has 0 aromatic heterocycles. The van der Waals surface area contributed by atoms with Crippen molar-refractivity contribution >= 4 is 5.91 Å². The van der Waals surface area contributed by atoms with Crippen LogP contribution in [0.3, 0.4) is 0 Å². The maximum Gasteiger partial charge on any atom is 0.239 e. The number of likely N-dealkylation sites (N-methyl/N-ethyl adjacent to an activating group) is 1. The van der Waals surface area contributed by atoms with E-state index >= 15 is 0 Å². The fraction of sp³-hybridized carbons (Fsp3) is 0.933. The predicted molar refractivity (Wildman–Crippen MR) is 75.9 cm³/mol. The molecule has 2 aliphatic rings. The Morgan fingerprint density at radius 3 is 2.53 bits per heavy atom. The molecule has 4 heteroatoms. The van der Waals surface area contributed by atoms with Gasteiger partial charge in [0.2, 0.25) is 5.91 Å². The van der Waals surface area contributed by atoms with Crippen LogP contribution in [0.15, 0.2) is 0 Å². The first-order valence-corrected chi connectivity index (χ1v) is 7.75. The van der Waals surface area contributed by atoms with Gasteiger partial charge in [-0.15, -0.1) is 0 Å². The van der Waals surface area contributed by atoms with Crippen molar-refractivity contribution in [1.82, 2.24) is 9.80 Å². The molecule has 2 fully saturated rings. The Bertz CT molecular complexity index is 303. The molecule has 1 amide bonds. The van der Waals surface area contributed by atoms with E-state index in [1.807, 2.05) is 11.9 Å². The Labute approximate surface area is 116 Å². The summed E-state index contributed by atoms with van der Waals surface area (Å²) in [6.45, 7) is 4.15. The molecule has 0 aromatic carbocycles. The maximum absolute atomic E-state index is 12.5. The summed E-state index contributed by atoms with van der Waals surface area (Å²) in [5, 5.41) is 9.30. The first-order chi connectivity index (χ1) is 9.13. The molecule has 0 bridgehead atoms. The first-order valence-electron chi connectivity index (χ1n) is 7.75. The average Bonchev–Trinajstić information content (AvgIpc) is 2.52. The van der Waals surface area contributed by atoms with Gasteiger partial charge in [-0.05, 0) is 25.2 Å². The molecule has 1 saturated heterocycles. The van der Waals surface area contributed by atoms with E-state index < -0.39 is 0 Å². The van der Waals surface area contributed by atoms with Crippen LogP contribution in [-0.4, -0.2) is 59.6 Å². The van der Waals surface area contributed by atoms with E-state index in [1.54, 1.807) is 0 Å². The zero-order valence-electron chi connectivity index (χ0n) is 12.3. The zero-order valence-corrected chi connectivity index (χ0v) is 12.3. The molecule has 1 aliphatic carbocycles. The third-order valence-corrected chi connectivity index (χ3v) is 4.62. The van der Waals surface area contributed by atoms with Crippen molar-refractivity contribution < 1.29 is 9.90 Å². The van der Waals surface area contributed by atoms with Crippen LogP contribution in [0.1, 0.15) is 45.4 Å². The van der Waals surface area contributed by atoms with Crippen LogP contribution in [0.5, 0.6) is 0 Å². The number of nitrogens with zero attached hydrogens (tertiary/aromatic N) is 2. The lowest BCUT2D eigenvalue weighted by Crippen LogP contribution is -2.50. The van der Waals surface area contributed by atoms with Crippen molar-refractivity contribution in [2.24, 2.45) is 5.92 Å². The highest BCUT2D eigenvalue weighted by molar-refractivity contribution is 5.82. The third kappa shape index (κ3) is 3.48. The molecule has 0 radical (unpaired) electrons. The number of hydrogen-bond donors (Lipinski definition) is 1. The molecular weight excluding hydrogens is 240 g/mol. The van der Waals surface area contributed by atoms with Crippen molar-refractivity contribution in [2.75, 3.05) is 26.7 Å². The SMILES string of the molecule is CC1CN(C)C(=O)C(CCO)N(C2CCCCC2)C1. The number of aliphatic hydroxyl groups excluding tert-OH is 1. The number of aliphatic hydroxyl groups is 1. The minimum atomic E-state index is -0.108. The highest BCUT2D eigenvalue weighted by Crippen LogP contribution is 2.28. The molecule has 2 unspecified atom stereocenters. The summed E-state index contributed by atoms with van der Waals surface area (Å²) in [6.07, 6.45) is 6.90. The molecule has 1 heterocycles. The number of hydrogen-bond acceptors (Lipinski definition) is 3. The fourth-order valence-corrected chi connectivity index (χ4v) is 3.73. The van der Waals surface area contributed by atoms with Crippen LogP contribution in [0, 0.1) is 5.92 Å². The van der Waals surface area contributed by atoms with Crippen molar-refractivity contribution in [3.63, 3.8) is 0 Å². The summed E-state index contributed by atoms with van der Waals surface area (Å²) in [4.78, 5) is 16.8. The summed E-state index contributed by atoms with van der Waals surface area (Å²) in [6, 6.07) is 0.436. The second-order valence-corrected chi connectivity index (χ2v) is 6.34. The van der Waals surface area contributed by atoms with Crippen LogP contribution in [0.25, 0.3) is 0 Å². The summed E-state index contributed by atoms with van der Waals surface area (Å²) in [5.41, 5.74) is 0. The maximum atomic E-state index is 12.5. The Kier molecular flexibility index (Phi) is 5.22. The molecule has 1 aliphatic heterocycles. The molecule has 1 saturated carbocycles. The van der Waals surface area contributed by atoms with Gasteiger partial charge in [0.25, 0.3) is 0 Å². The molecule has 2 atom stereocenters. The lowest BCUT2D eigenvalue weighted by atomic mass is 9.92.